The minimum Gasteiger partial charge on any atom is -0.258 e. The van der Waals surface area contributed by atoms with E-state index in [1.54, 1.807) is 0 Å². The molecule has 0 radical (unpaired) electrons. The Bertz CT molecular complexity index is 255. The molecular weight excluding hydrogens is 148 g/mol. The first-order valence-electron chi connectivity index (χ1n) is 3.12. The second-order valence-electron chi connectivity index (χ2n) is 2.15. The summed E-state index contributed by atoms with van der Waals surface area (Å²) in [4.78, 5) is 19.6. The van der Waals surface area contributed by atoms with Gasteiger partial charge in [0.2, 0.25) is 0 Å². The van der Waals surface area contributed by atoms with E-state index in [-0.39, 0.29) is 11.4 Å². The van der Waals surface area contributed by atoms with Gasteiger partial charge in [-0.2, -0.15) is 0 Å². The van der Waals surface area contributed by atoms with Gasteiger partial charge in [0, 0.05) is 6.08 Å². The average Bonchev–Trinajstić information content (AvgIpc) is 2.05. The fourth-order valence-electron chi connectivity index (χ4n) is 0.869. The maximum Gasteiger partial charge on any atom is 0.267 e. The Morgan fingerprint density at radius 3 is 2.91 bits per heavy atom. The van der Waals surface area contributed by atoms with Gasteiger partial charge in [-0.25, -0.2) is 0 Å². The van der Waals surface area contributed by atoms with Gasteiger partial charge in [0.05, 0.1) is 10.6 Å². The highest BCUT2D eigenvalue weighted by molar-refractivity contribution is 5.21. The highest BCUT2D eigenvalue weighted by atomic mass is 16.6. The molecular formula is C6H6N2O3. The molecule has 5 heteroatoms. The Balaban J connectivity index is 2.84. The quantitative estimate of drug-likeness (QED) is 0.344. The third-order valence-corrected chi connectivity index (χ3v) is 1.40. The Hall–Kier alpha value is -1.52. The lowest BCUT2D eigenvalue weighted by Gasteiger charge is -2.00. The third kappa shape index (κ3) is 1.70. The van der Waals surface area contributed by atoms with Crippen molar-refractivity contribution in [2.75, 3.05) is 0 Å². The molecule has 1 aliphatic carbocycles. The van der Waals surface area contributed by atoms with Gasteiger partial charge in [-0.05, 0) is 24.1 Å². The van der Waals surface area contributed by atoms with Gasteiger partial charge in [-0.15, -0.1) is 4.91 Å². The van der Waals surface area contributed by atoms with Gasteiger partial charge in [0.1, 0.15) is 0 Å². The van der Waals surface area contributed by atoms with Crippen LogP contribution < -0.4 is 0 Å². The lowest BCUT2D eigenvalue weighted by Crippen LogP contribution is -2.00. The zero-order valence-corrected chi connectivity index (χ0v) is 5.69. The normalized spacial score (nSPS) is 16.7. The molecule has 0 unspecified atom stereocenters. The number of rotatable bonds is 2. The molecule has 1 rings (SSSR count). The van der Waals surface area contributed by atoms with Crippen molar-refractivity contribution in [3.8, 4) is 0 Å². The first-order chi connectivity index (χ1) is 5.24. The topological polar surface area (TPSA) is 72.6 Å². The van der Waals surface area contributed by atoms with Crippen LogP contribution in [0, 0.1) is 15.0 Å². The van der Waals surface area contributed by atoms with Gasteiger partial charge >= 0.3 is 0 Å². The molecule has 0 atom stereocenters. The second-order valence-corrected chi connectivity index (χ2v) is 2.15. The largest absolute Gasteiger partial charge is 0.267 e. The van der Waals surface area contributed by atoms with Crippen molar-refractivity contribution >= 4 is 0 Å². The van der Waals surface area contributed by atoms with Crippen molar-refractivity contribution in [1.82, 2.24) is 0 Å². The van der Waals surface area contributed by atoms with Crippen molar-refractivity contribution in [1.29, 1.82) is 0 Å². The molecule has 58 valence electrons. The highest BCUT2D eigenvalue weighted by Gasteiger charge is 2.13. The van der Waals surface area contributed by atoms with Crippen LogP contribution in [0.25, 0.3) is 0 Å². The molecule has 0 aromatic rings. The van der Waals surface area contributed by atoms with Gasteiger partial charge in [-0.3, -0.25) is 10.1 Å². The molecule has 0 saturated heterocycles. The van der Waals surface area contributed by atoms with E-state index in [0.717, 1.165) is 0 Å². The molecule has 0 saturated carbocycles. The average molecular weight is 154 g/mol. The Morgan fingerprint density at radius 1 is 1.64 bits per heavy atom. The Labute approximate surface area is 62.5 Å². The predicted octanol–water partition coefficient (Wildman–Crippen LogP) is 1.59. The molecule has 0 aromatic carbocycles. The maximum atomic E-state index is 10.2. The van der Waals surface area contributed by atoms with Crippen LogP contribution in [0.3, 0.4) is 0 Å². The van der Waals surface area contributed by atoms with E-state index < -0.39 is 4.92 Å². The van der Waals surface area contributed by atoms with Crippen LogP contribution in [-0.4, -0.2) is 4.92 Å². The maximum absolute atomic E-state index is 10.2. The molecule has 0 aromatic heterocycles. The summed E-state index contributed by atoms with van der Waals surface area (Å²) in [5, 5.41) is 12.8. The van der Waals surface area contributed by atoms with E-state index in [2.05, 4.69) is 5.18 Å². The molecule has 0 spiro atoms. The molecule has 0 N–H and O–H groups in total. The first-order valence-corrected chi connectivity index (χ1v) is 3.12. The monoisotopic (exact) mass is 154 g/mol. The molecule has 0 amide bonds. The van der Waals surface area contributed by atoms with Crippen LogP contribution in [0.1, 0.15) is 12.8 Å². The zero-order chi connectivity index (χ0) is 8.27. The number of hydrogen-bond donors (Lipinski definition) is 0. The van der Waals surface area contributed by atoms with Crippen LogP contribution in [-0.2, 0) is 0 Å². The van der Waals surface area contributed by atoms with Crippen LogP contribution in [0.2, 0.25) is 0 Å². The van der Waals surface area contributed by atoms with Gasteiger partial charge in [-0.1, -0.05) is 0 Å². The summed E-state index contributed by atoms with van der Waals surface area (Å²) in [6.07, 6.45) is 3.71. The van der Waals surface area contributed by atoms with Crippen molar-refractivity contribution in [3.05, 3.63) is 38.6 Å². The van der Waals surface area contributed by atoms with E-state index in [9.17, 15) is 15.0 Å². The summed E-state index contributed by atoms with van der Waals surface area (Å²) in [6, 6.07) is 0. The smallest absolute Gasteiger partial charge is 0.258 e. The van der Waals surface area contributed by atoms with Crippen molar-refractivity contribution in [2.24, 2.45) is 5.18 Å². The van der Waals surface area contributed by atoms with Crippen LogP contribution in [0.15, 0.2) is 28.7 Å². The summed E-state index contributed by atoms with van der Waals surface area (Å²) >= 11 is 0. The molecule has 1 aliphatic rings. The predicted molar refractivity (Wildman–Crippen MR) is 38.2 cm³/mol. The van der Waals surface area contributed by atoms with Crippen LogP contribution >= 0.6 is 0 Å². The lowest BCUT2D eigenvalue weighted by atomic mass is 10.1. The minimum atomic E-state index is -0.523. The molecule has 0 fully saturated rings. The fraction of sp³-hybridized carbons (Fsp3) is 0.333. The lowest BCUT2D eigenvalue weighted by molar-refractivity contribution is -0.419. The van der Waals surface area contributed by atoms with Gasteiger partial charge < -0.3 is 0 Å². The number of nitroso groups, excluding NO2 is 1. The third-order valence-electron chi connectivity index (χ3n) is 1.40. The second kappa shape index (κ2) is 3.05. The number of nitrogens with zero attached hydrogens (tertiary/aromatic N) is 2. The molecule has 5 nitrogen and oxygen atoms in total. The van der Waals surface area contributed by atoms with E-state index in [0.29, 0.717) is 12.8 Å². The molecule has 0 bridgehead atoms. The number of hydrogen-bond acceptors (Lipinski definition) is 4. The van der Waals surface area contributed by atoms with E-state index in [1.165, 1.54) is 12.2 Å². The number of nitro groups is 1. The van der Waals surface area contributed by atoms with Crippen LogP contribution in [0.4, 0.5) is 0 Å². The highest BCUT2D eigenvalue weighted by Crippen LogP contribution is 2.17. The van der Waals surface area contributed by atoms with Gasteiger partial charge in [0.25, 0.3) is 5.70 Å². The van der Waals surface area contributed by atoms with Gasteiger partial charge in [0.15, 0.2) is 0 Å². The molecule has 11 heavy (non-hydrogen) atoms. The number of allylic oxidation sites excluding steroid dienone is 3. The molecule has 0 heterocycles. The summed E-state index contributed by atoms with van der Waals surface area (Å²) in [7, 11) is 0. The Morgan fingerprint density at radius 2 is 2.36 bits per heavy atom. The summed E-state index contributed by atoms with van der Waals surface area (Å²) in [6.45, 7) is 0. The SMILES string of the molecule is O=NC1=CC([N+](=O)[O-])=CCC1. The summed E-state index contributed by atoms with van der Waals surface area (Å²) in [5.41, 5.74) is 0.213. The van der Waals surface area contributed by atoms with E-state index in [1.807, 2.05) is 0 Å². The standard InChI is InChI=1S/C6H6N2O3/c9-7-5-2-1-3-6(4-5)8(10)11/h3-4H,1-2H2. The van der Waals surface area contributed by atoms with Crippen molar-refractivity contribution in [3.63, 3.8) is 0 Å². The summed E-state index contributed by atoms with van der Waals surface area (Å²) < 4.78 is 0. The summed E-state index contributed by atoms with van der Waals surface area (Å²) in [5.74, 6) is 0. The van der Waals surface area contributed by atoms with E-state index >= 15 is 0 Å². The zero-order valence-electron chi connectivity index (χ0n) is 5.69. The minimum absolute atomic E-state index is 0.0362. The van der Waals surface area contributed by atoms with E-state index in [4.69, 9.17) is 0 Å². The first kappa shape index (κ1) is 7.59. The molecule has 0 aliphatic heterocycles. The Kier molecular flexibility index (Phi) is 2.10. The van der Waals surface area contributed by atoms with Crippen LogP contribution in [0.5, 0.6) is 0 Å². The van der Waals surface area contributed by atoms with Crippen molar-refractivity contribution < 1.29 is 4.92 Å². The fourth-order valence-corrected chi connectivity index (χ4v) is 0.869. The van der Waals surface area contributed by atoms with Crippen molar-refractivity contribution in [2.45, 2.75) is 12.8 Å².